The number of amides is 1. The lowest BCUT2D eigenvalue weighted by Gasteiger charge is -2.31. The van der Waals surface area contributed by atoms with Crippen LogP contribution in [0.15, 0.2) is 24.5 Å². The van der Waals surface area contributed by atoms with Gasteiger partial charge in [0, 0.05) is 18.8 Å². The van der Waals surface area contributed by atoms with Gasteiger partial charge < -0.3 is 14.4 Å². The van der Waals surface area contributed by atoms with E-state index in [1.165, 1.54) is 12.0 Å². The van der Waals surface area contributed by atoms with Crippen LogP contribution in [0.4, 0.5) is 0 Å². The molecule has 124 valence electrons. The van der Waals surface area contributed by atoms with Gasteiger partial charge in [0.2, 0.25) is 5.91 Å². The number of carbonyl (C=O) groups is 3. The Bertz CT molecular complexity index is 575. The summed E-state index contributed by atoms with van der Waals surface area (Å²) in [6.45, 7) is 1.98. The Morgan fingerprint density at radius 3 is 2.70 bits per heavy atom. The van der Waals surface area contributed by atoms with Gasteiger partial charge in [-0.15, -0.1) is 0 Å². The minimum Gasteiger partial charge on any atom is -0.467 e. The van der Waals surface area contributed by atoms with Gasteiger partial charge in [-0.3, -0.25) is 14.6 Å². The van der Waals surface area contributed by atoms with E-state index in [1.54, 1.807) is 31.5 Å². The molecule has 1 saturated heterocycles. The molecule has 0 saturated carbocycles. The molecule has 0 aliphatic carbocycles. The lowest BCUT2D eigenvalue weighted by atomic mass is 10.0. The van der Waals surface area contributed by atoms with Crippen molar-refractivity contribution in [2.75, 3.05) is 13.7 Å². The molecule has 0 N–H and O–H groups in total. The number of hydrogen-bond donors (Lipinski definition) is 0. The fourth-order valence-corrected chi connectivity index (χ4v) is 2.80. The molecule has 0 bridgehead atoms. The average Bonchev–Trinajstić information content (AvgIpc) is 2.94. The molecule has 2 unspecified atom stereocenters. The molecule has 7 heteroatoms. The summed E-state index contributed by atoms with van der Waals surface area (Å²) in [7, 11) is 1.29. The first-order valence-electron chi connectivity index (χ1n) is 7.53. The second-order valence-electron chi connectivity index (χ2n) is 5.18. The van der Waals surface area contributed by atoms with Gasteiger partial charge in [-0.25, -0.2) is 4.79 Å². The Hall–Kier alpha value is -2.44. The zero-order valence-corrected chi connectivity index (χ0v) is 13.2. The quantitative estimate of drug-likeness (QED) is 0.733. The van der Waals surface area contributed by atoms with Crippen LogP contribution >= 0.6 is 0 Å². The predicted molar refractivity (Wildman–Crippen MR) is 80.1 cm³/mol. The summed E-state index contributed by atoms with van der Waals surface area (Å²) in [5.41, 5.74) is 0.734. The smallest absolute Gasteiger partial charge is 0.328 e. The monoisotopic (exact) mass is 320 g/mol. The molecule has 2 rings (SSSR count). The zero-order chi connectivity index (χ0) is 16.8. The van der Waals surface area contributed by atoms with Crippen molar-refractivity contribution in [1.29, 1.82) is 0 Å². The number of hydrogen-bond acceptors (Lipinski definition) is 6. The molecule has 0 aromatic carbocycles. The topological polar surface area (TPSA) is 85.8 Å². The Balaban J connectivity index is 2.33. The number of methoxy groups -OCH3 is 1. The summed E-state index contributed by atoms with van der Waals surface area (Å²) in [5, 5.41) is 0. The van der Waals surface area contributed by atoms with Crippen molar-refractivity contribution in [3.8, 4) is 0 Å². The third-order valence-electron chi connectivity index (χ3n) is 3.82. The molecule has 1 aromatic heterocycles. The van der Waals surface area contributed by atoms with Crippen molar-refractivity contribution in [2.24, 2.45) is 0 Å². The number of esters is 2. The first-order valence-corrected chi connectivity index (χ1v) is 7.53. The SMILES string of the molecule is CCOC(=O)CC(c1ccncc1)N1C(=O)CCC1C(=O)OC. The van der Waals surface area contributed by atoms with Crippen LogP contribution in [0.1, 0.15) is 37.8 Å². The van der Waals surface area contributed by atoms with Crippen molar-refractivity contribution in [2.45, 2.75) is 38.3 Å². The maximum atomic E-state index is 12.3. The molecule has 2 heterocycles. The average molecular weight is 320 g/mol. The summed E-state index contributed by atoms with van der Waals surface area (Å²) < 4.78 is 9.79. The molecule has 0 radical (unpaired) electrons. The van der Waals surface area contributed by atoms with Crippen LogP contribution in [0, 0.1) is 0 Å². The van der Waals surface area contributed by atoms with E-state index in [0.717, 1.165) is 5.56 Å². The lowest BCUT2D eigenvalue weighted by Crippen LogP contribution is -2.42. The molecule has 2 atom stereocenters. The number of ether oxygens (including phenoxy) is 2. The molecule has 1 amide bonds. The summed E-state index contributed by atoms with van der Waals surface area (Å²) in [5.74, 6) is -1.07. The number of aromatic nitrogens is 1. The normalized spacial score (nSPS) is 18.6. The molecular formula is C16H20N2O5. The highest BCUT2D eigenvalue weighted by molar-refractivity contribution is 5.89. The van der Waals surface area contributed by atoms with Gasteiger partial charge in [0.25, 0.3) is 0 Å². The van der Waals surface area contributed by atoms with Gasteiger partial charge >= 0.3 is 11.9 Å². The van der Waals surface area contributed by atoms with E-state index in [0.29, 0.717) is 6.42 Å². The first kappa shape index (κ1) is 16.9. The van der Waals surface area contributed by atoms with Crippen LogP contribution in [0.2, 0.25) is 0 Å². The molecule has 1 fully saturated rings. The van der Waals surface area contributed by atoms with E-state index in [9.17, 15) is 14.4 Å². The fraction of sp³-hybridized carbons (Fsp3) is 0.500. The Morgan fingerprint density at radius 1 is 1.39 bits per heavy atom. The van der Waals surface area contributed by atoms with Crippen LogP contribution in [-0.4, -0.2) is 47.5 Å². The first-order chi connectivity index (χ1) is 11.1. The molecule has 1 aromatic rings. The molecule has 23 heavy (non-hydrogen) atoms. The van der Waals surface area contributed by atoms with E-state index in [4.69, 9.17) is 9.47 Å². The van der Waals surface area contributed by atoms with E-state index in [1.807, 2.05) is 0 Å². The minimum absolute atomic E-state index is 0.0168. The highest BCUT2D eigenvalue weighted by Crippen LogP contribution is 2.33. The Labute approximate surface area is 134 Å². The lowest BCUT2D eigenvalue weighted by molar-refractivity contribution is -0.153. The van der Waals surface area contributed by atoms with Crippen LogP contribution in [0.25, 0.3) is 0 Å². The molecule has 7 nitrogen and oxygen atoms in total. The molecule has 0 spiro atoms. The van der Waals surface area contributed by atoms with Gasteiger partial charge in [-0.2, -0.15) is 0 Å². The number of rotatable bonds is 6. The van der Waals surface area contributed by atoms with E-state index in [-0.39, 0.29) is 25.4 Å². The second-order valence-corrected chi connectivity index (χ2v) is 5.18. The minimum atomic E-state index is -0.680. The van der Waals surface area contributed by atoms with Crippen LogP contribution in [0.5, 0.6) is 0 Å². The molecular weight excluding hydrogens is 300 g/mol. The third-order valence-corrected chi connectivity index (χ3v) is 3.82. The van der Waals surface area contributed by atoms with Crippen LogP contribution < -0.4 is 0 Å². The number of likely N-dealkylation sites (tertiary alicyclic amines) is 1. The van der Waals surface area contributed by atoms with Crippen LogP contribution in [0.3, 0.4) is 0 Å². The summed E-state index contributed by atoms with van der Waals surface area (Å²) >= 11 is 0. The van der Waals surface area contributed by atoms with Crippen molar-refractivity contribution < 1.29 is 23.9 Å². The van der Waals surface area contributed by atoms with E-state index in [2.05, 4.69) is 4.98 Å². The third kappa shape index (κ3) is 3.85. The maximum Gasteiger partial charge on any atom is 0.328 e. The number of nitrogens with zero attached hydrogens (tertiary/aromatic N) is 2. The van der Waals surface area contributed by atoms with E-state index >= 15 is 0 Å². The van der Waals surface area contributed by atoms with Gasteiger partial charge in [0.15, 0.2) is 0 Å². The second kappa shape index (κ2) is 7.71. The van der Waals surface area contributed by atoms with Crippen LogP contribution in [-0.2, 0) is 23.9 Å². The number of carbonyl (C=O) groups excluding carboxylic acids is 3. The largest absolute Gasteiger partial charge is 0.467 e. The predicted octanol–water partition coefficient (Wildman–Crippen LogP) is 1.24. The standard InChI is InChI=1S/C16H20N2O5/c1-3-23-15(20)10-13(11-6-8-17-9-7-11)18-12(16(21)22-2)4-5-14(18)19/h6-9,12-13H,3-5,10H2,1-2H3. The summed E-state index contributed by atoms with van der Waals surface area (Å²) in [6.07, 6.45) is 3.79. The molecule has 1 aliphatic heterocycles. The highest BCUT2D eigenvalue weighted by atomic mass is 16.5. The maximum absolute atomic E-state index is 12.3. The van der Waals surface area contributed by atoms with Crippen molar-refractivity contribution >= 4 is 17.8 Å². The zero-order valence-electron chi connectivity index (χ0n) is 13.2. The summed E-state index contributed by atoms with van der Waals surface area (Å²) in [6, 6.07) is 2.20. The van der Waals surface area contributed by atoms with Gasteiger partial charge in [-0.1, -0.05) is 0 Å². The Kier molecular flexibility index (Phi) is 5.67. The fourth-order valence-electron chi connectivity index (χ4n) is 2.80. The molecule has 1 aliphatic rings. The summed E-state index contributed by atoms with van der Waals surface area (Å²) in [4.78, 5) is 41.6. The number of pyridine rings is 1. The van der Waals surface area contributed by atoms with Crippen molar-refractivity contribution in [1.82, 2.24) is 9.88 Å². The van der Waals surface area contributed by atoms with Gasteiger partial charge in [0.1, 0.15) is 6.04 Å². The Morgan fingerprint density at radius 2 is 2.09 bits per heavy atom. The van der Waals surface area contributed by atoms with Gasteiger partial charge in [0.05, 0.1) is 26.2 Å². The van der Waals surface area contributed by atoms with Gasteiger partial charge in [-0.05, 0) is 31.0 Å². The van der Waals surface area contributed by atoms with Crippen molar-refractivity contribution in [3.05, 3.63) is 30.1 Å². The van der Waals surface area contributed by atoms with E-state index < -0.39 is 24.0 Å². The highest BCUT2D eigenvalue weighted by Gasteiger charge is 2.42. The van der Waals surface area contributed by atoms with Crippen molar-refractivity contribution in [3.63, 3.8) is 0 Å².